The van der Waals surface area contributed by atoms with Crippen LogP contribution in [0, 0.1) is 12.1 Å². The van der Waals surface area contributed by atoms with Gasteiger partial charge >= 0.3 is 20.1 Å². The van der Waals surface area contributed by atoms with Gasteiger partial charge in [-0.05, 0) is 17.1 Å². The minimum atomic E-state index is 0. The molecule has 0 N–H and O–H groups in total. The Balaban J connectivity index is 0.000000176. The van der Waals surface area contributed by atoms with E-state index < -0.39 is 0 Å². The van der Waals surface area contributed by atoms with E-state index in [0.717, 1.165) is 39.1 Å². The third kappa shape index (κ3) is 5.56. The van der Waals surface area contributed by atoms with Crippen LogP contribution in [0.3, 0.4) is 0 Å². The molecule has 160 valence electrons. The monoisotopic (exact) mass is 596 g/mol. The summed E-state index contributed by atoms with van der Waals surface area (Å²) in [6.07, 6.45) is 1.60. The summed E-state index contributed by atoms with van der Waals surface area (Å²) >= 11 is 0. The number of hydrogen-bond acceptors (Lipinski definition) is 3. The molecule has 0 spiro atoms. The maximum atomic E-state index is 4.33. The first-order valence-corrected chi connectivity index (χ1v) is 10.2. The second kappa shape index (κ2) is 10.4. The van der Waals surface area contributed by atoms with E-state index in [2.05, 4.69) is 53.1 Å². The number of nitrogens with zero attached hydrogens (tertiary/aromatic N) is 4. The predicted molar refractivity (Wildman–Crippen MR) is 124 cm³/mol. The van der Waals surface area contributed by atoms with Gasteiger partial charge in [0.15, 0.2) is 0 Å². The zero-order valence-corrected chi connectivity index (χ0v) is 20.6. The predicted octanol–water partition coefficient (Wildman–Crippen LogP) is 5.90. The summed E-state index contributed by atoms with van der Waals surface area (Å²) in [4.78, 5) is 8.58. The molecule has 5 aromatic rings. The van der Waals surface area contributed by atoms with Crippen LogP contribution in [0.25, 0.3) is 33.4 Å². The third-order valence-electron chi connectivity index (χ3n) is 4.80. The van der Waals surface area contributed by atoms with Crippen LogP contribution in [0.2, 0.25) is 0 Å². The summed E-state index contributed by atoms with van der Waals surface area (Å²) < 4.78 is 0. The topological polar surface area (TPSA) is 52.8 Å². The number of fused-ring (bicyclic) bond motifs is 1. The summed E-state index contributed by atoms with van der Waals surface area (Å²) in [7, 11) is 0. The number of rotatable bonds is 2. The standard InChI is InChI=1S/C14H9N2.C13H14N2.Ir/c1-2-6-11(7-3-1)14-12-8-4-5-9-13(12)15-10-16-14;1-13(2,3)12-9-11(14-15-12)10-7-5-4-6-8-10;/h1-6,8-10H;4-7,9H,1-3H3;/q-1;-2;+3. The van der Waals surface area contributed by atoms with Crippen LogP contribution in [0.4, 0.5) is 0 Å². The van der Waals surface area contributed by atoms with Gasteiger partial charge in [-0.2, -0.15) is 5.56 Å². The van der Waals surface area contributed by atoms with E-state index in [4.69, 9.17) is 0 Å². The van der Waals surface area contributed by atoms with E-state index in [0.29, 0.717) is 0 Å². The van der Waals surface area contributed by atoms with Crippen LogP contribution in [-0.4, -0.2) is 15.1 Å². The van der Waals surface area contributed by atoms with Crippen molar-refractivity contribution in [2.75, 3.05) is 0 Å². The van der Waals surface area contributed by atoms with Crippen molar-refractivity contribution < 1.29 is 20.1 Å². The Morgan fingerprint density at radius 1 is 0.781 bits per heavy atom. The van der Waals surface area contributed by atoms with Crippen molar-refractivity contribution in [3.8, 4) is 22.5 Å². The Morgan fingerprint density at radius 2 is 1.44 bits per heavy atom. The van der Waals surface area contributed by atoms with Crippen LogP contribution in [0.15, 0.2) is 85.2 Å². The van der Waals surface area contributed by atoms with Gasteiger partial charge in [0, 0.05) is 11.1 Å². The molecule has 0 saturated heterocycles. The second-order valence-corrected chi connectivity index (χ2v) is 8.16. The first-order chi connectivity index (χ1) is 15.0. The quantitative estimate of drug-likeness (QED) is 0.239. The second-order valence-electron chi connectivity index (χ2n) is 8.16. The molecule has 2 aromatic heterocycles. The van der Waals surface area contributed by atoms with Gasteiger partial charge in [0.2, 0.25) is 0 Å². The van der Waals surface area contributed by atoms with Gasteiger partial charge in [-0.25, -0.2) is 10.7 Å². The minimum absolute atomic E-state index is 0. The van der Waals surface area contributed by atoms with Crippen LogP contribution in [0.1, 0.15) is 26.5 Å². The average Bonchev–Trinajstić information content (AvgIpc) is 3.32. The summed E-state index contributed by atoms with van der Waals surface area (Å²) in [5.74, 6) is 0. The molecular weight excluding hydrogens is 573 g/mol. The molecule has 5 heteroatoms. The molecule has 32 heavy (non-hydrogen) atoms. The van der Waals surface area contributed by atoms with Crippen LogP contribution >= 0.6 is 0 Å². The molecule has 2 heterocycles. The van der Waals surface area contributed by atoms with E-state index in [-0.39, 0.29) is 25.5 Å². The van der Waals surface area contributed by atoms with Gasteiger partial charge in [-0.3, -0.25) is 4.98 Å². The minimum Gasteiger partial charge on any atom is -0.619 e. The van der Waals surface area contributed by atoms with Gasteiger partial charge < -0.3 is 10.2 Å². The number of para-hydroxylation sites is 1. The van der Waals surface area contributed by atoms with E-state index >= 15 is 0 Å². The van der Waals surface area contributed by atoms with Crippen molar-refractivity contribution >= 4 is 10.9 Å². The zero-order valence-electron chi connectivity index (χ0n) is 18.2. The molecule has 0 radical (unpaired) electrons. The van der Waals surface area contributed by atoms with Gasteiger partial charge in [0.1, 0.15) is 6.33 Å². The molecular formula is C27H23IrN4. The first kappa shape index (κ1) is 23.5. The van der Waals surface area contributed by atoms with Gasteiger partial charge in [0.05, 0.1) is 5.52 Å². The first-order valence-electron chi connectivity index (χ1n) is 10.2. The van der Waals surface area contributed by atoms with Crippen LogP contribution in [-0.2, 0) is 25.5 Å². The maximum Gasteiger partial charge on any atom is 3.00 e. The number of benzene rings is 3. The average molecular weight is 596 g/mol. The summed E-state index contributed by atoms with van der Waals surface area (Å²) in [6, 6.07) is 32.0. The van der Waals surface area contributed by atoms with E-state index in [1.807, 2.05) is 78.9 Å². The van der Waals surface area contributed by atoms with Gasteiger partial charge in [-0.15, -0.1) is 66.2 Å². The van der Waals surface area contributed by atoms with Crippen molar-refractivity contribution in [2.24, 2.45) is 0 Å². The zero-order chi connectivity index (χ0) is 21.7. The molecule has 0 aliphatic heterocycles. The summed E-state index contributed by atoms with van der Waals surface area (Å²) in [5, 5.41) is 9.43. The van der Waals surface area contributed by atoms with Gasteiger partial charge in [0.25, 0.3) is 0 Å². The van der Waals surface area contributed by atoms with E-state index in [1.54, 1.807) is 6.33 Å². The number of hydrogen-bond donors (Lipinski definition) is 0. The molecule has 0 fully saturated rings. The smallest absolute Gasteiger partial charge is 0.619 e. The van der Waals surface area contributed by atoms with Crippen molar-refractivity contribution in [3.05, 3.63) is 103 Å². The van der Waals surface area contributed by atoms with E-state index in [1.165, 1.54) is 0 Å². The van der Waals surface area contributed by atoms with Crippen molar-refractivity contribution in [1.29, 1.82) is 0 Å². The Bertz CT molecular complexity index is 1250. The Morgan fingerprint density at radius 3 is 2.06 bits per heavy atom. The fourth-order valence-electron chi connectivity index (χ4n) is 3.11. The largest absolute Gasteiger partial charge is 3.00 e. The molecule has 5 rings (SSSR count). The Kier molecular flexibility index (Phi) is 7.68. The molecule has 0 bridgehead atoms. The van der Waals surface area contributed by atoms with Crippen molar-refractivity contribution in [2.45, 2.75) is 26.2 Å². The van der Waals surface area contributed by atoms with Gasteiger partial charge in [-0.1, -0.05) is 45.0 Å². The van der Waals surface area contributed by atoms with Crippen LogP contribution < -0.4 is 5.10 Å². The summed E-state index contributed by atoms with van der Waals surface area (Å²) in [5.41, 5.74) is 5.88. The fourth-order valence-corrected chi connectivity index (χ4v) is 3.11. The molecule has 0 aliphatic carbocycles. The molecule has 3 aromatic carbocycles. The third-order valence-corrected chi connectivity index (χ3v) is 4.80. The normalized spacial score (nSPS) is 10.7. The fraction of sp³-hybridized carbons (Fsp3) is 0.148. The SMILES string of the molecule is CC(C)(C)c1cc(-c2[c-]cccc2)[n-]n1.[Ir+3].[c-]1ccccc1-c1ncnc2ccccc12. The van der Waals surface area contributed by atoms with Crippen molar-refractivity contribution in [3.63, 3.8) is 0 Å². The molecule has 0 atom stereocenters. The van der Waals surface area contributed by atoms with E-state index in [9.17, 15) is 0 Å². The van der Waals surface area contributed by atoms with Crippen molar-refractivity contribution in [1.82, 2.24) is 20.2 Å². The maximum absolute atomic E-state index is 4.33. The molecule has 0 aliphatic rings. The molecule has 0 amide bonds. The van der Waals surface area contributed by atoms with Crippen LogP contribution in [0.5, 0.6) is 0 Å². The number of aromatic nitrogens is 4. The Labute approximate surface area is 202 Å². The Hall–Kier alpha value is -3.14. The molecule has 4 nitrogen and oxygen atoms in total. The molecule has 0 saturated carbocycles. The summed E-state index contributed by atoms with van der Waals surface area (Å²) in [6.45, 7) is 6.40. The molecule has 0 unspecified atom stereocenters.